The van der Waals surface area contributed by atoms with Gasteiger partial charge in [-0.25, -0.2) is 10.6 Å². The van der Waals surface area contributed by atoms with Crippen molar-refractivity contribution in [2.75, 3.05) is 13.2 Å². The van der Waals surface area contributed by atoms with Gasteiger partial charge >= 0.3 is 6.09 Å². The average Bonchev–Trinajstić information content (AvgIpc) is 2.47. The summed E-state index contributed by atoms with van der Waals surface area (Å²) < 4.78 is 10.4. The van der Waals surface area contributed by atoms with Gasteiger partial charge in [-0.3, -0.25) is 15.0 Å². The highest BCUT2D eigenvalue weighted by Gasteiger charge is 2.25. The van der Waals surface area contributed by atoms with Crippen molar-refractivity contribution in [2.24, 2.45) is 5.84 Å². The van der Waals surface area contributed by atoms with E-state index >= 15 is 0 Å². The zero-order valence-corrected chi connectivity index (χ0v) is 15.1. The van der Waals surface area contributed by atoms with Gasteiger partial charge in [-0.1, -0.05) is 13.3 Å². The van der Waals surface area contributed by atoms with Gasteiger partial charge in [0.2, 0.25) is 5.91 Å². The third kappa shape index (κ3) is 10.0. The molecule has 0 saturated carbocycles. The second-order valence-electron chi connectivity index (χ2n) is 6.37. The maximum atomic E-state index is 12.1. The first-order valence-corrected chi connectivity index (χ1v) is 7.98. The summed E-state index contributed by atoms with van der Waals surface area (Å²) in [7, 11) is 0. The molecule has 0 saturated heterocycles. The molecule has 2 atom stereocenters. The van der Waals surface area contributed by atoms with Crippen LogP contribution in [-0.2, 0) is 19.1 Å². The molecule has 0 spiro atoms. The third-order valence-electron chi connectivity index (χ3n) is 2.83. The lowest BCUT2D eigenvalue weighted by Crippen LogP contribution is -2.55. The first-order chi connectivity index (χ1) is 11.1. The SMILES string of the molecule is CCCCOC[C@H](NC(=O)[C@H](C)NC(=O)OC(C)(C)C)C(=O)NN. The van der Waals surface area contributed by atoms with E-state index in [2.05, 4.69) is 10.6 Å². The molecule has 0 rings (SSSR count). The number of alkyl carbamates (subject to hydrolysis) is 1. The van der Waals surface area contributed by atoms with Crippen LogP contribution in [0.25, 0.3) is 0 Å². The molecule has 140 valence electrons. The van der Waals surface area contributed by atoms with Gasteiger partial charge in [-0.05, 0) is 34.1 Å². The van der Waals surface area contributed by atoms with Crippen LogP contribution in [0, 0.1) is 0 Å². The van der Waals surface area contributed by atoms with E-state index in [4.69, 9.17) is 15.3 Å². The molecular formula is C15H30N4O5. The molecule has 24 heavy (non-hydrogen) atoms. The molecule has 0 aromatic carbocycles. The standard InChI is InChI=1S/C15H30N4O5/c1-6-7-8-23-9-11(13(21)19-16)18-12(20)10(2)17-14(22)24-15(3,4)5/h10-11H,6-9,16H2,1-5H3,(H,17,22)(H,18,20)(H,19,21)/t10-,11-/m0/s1. The topological polar surface area (TPSA) is 132 Å². The summed E-state index contributed by atoms with van der Waals surface area (Å²) in [4.78, 5) is 35.5. The molecule has 0 fully saturated rings. The number of hydrazine groups is 1. The van der Waals surface area contributed by atoms with Gasteiger partial charge in [-0.2, -0.15) is 0 Å². The van der Waals surface area contributed by atoms with E-state index < -0.39 is 35.6 Å². The number of unbranched alkanes of at least 4 members (excludes halogenated alkanes) is 1. The predicted octanol–water partition coefficient (Wildman–Crippen LogP) is 0.191. The average molecular weight is 346 g/mol. The first kappa shape index (κ1) is 22.1. The molecule has 3 amide bonds. The minimum Gasteiger partial charge on any atom is -0.444 e. The molecule has 0 aromatic rings. The molecule has 9 heteroatoms. The molecule has 0 heterocycles. The van der Waals surface area contributed by atoms with Crippen molar-refractivity contribution in [3.05, 3.63) is 0 Å². The number of nitrogens with two attached hydrogens (primary N) is 1. The van der Waals surface area contributed by atoms with E-state index in [0.29, 0.717) is 6.61 Å². The van der Waals surface area contributed by atoms with E-state index in [1.807, 2.05) is 12.3 Å². The summed E-state index contributed by atoms with van der Waals surface area (Å²) in [6, 6.07) is -1.83. The van der Waals surface area contributed by atoms with Crippen LogP contribution in [0.15, 0.2) is 0 Å². The lowest BCUT2D eigenvalue weighted by Gasteiger charge is -2.23. The number of ether oxygens (including phenoxy) is 2. The third-order valence-corrected chi connectivity index (χ3v) is 2.83. The van der Waals surface area contributed by atoms with Crippen LogP contribution >= 0.6 is 0 Å². The van der Waals surface area contributed by atoms with E-state index in [1.54, 1.807) is 20.8 Å². The lowest BCUT2D eigenvalue weighted by atomic mass is 10.2. The van der Waals surface area contributed by atoms with Gasteiger partial charge in [-0.15, -0.1) is 0 Å². The summed E-state index contributed by atoms with van der Waals surface area (Å²) in [6.45, 7) is 9.11. The van der Waals surface area contributed by atoms with Crippen LogP contribution in [0.5, 0.6) is 0 Å². The number of amides is 3. The Hall–Kier alpha value is -1.87. The Balaban J connectivity index is 4.51. The van der Waals surface area contributed by atoms with Gasteiger partial charge in [0.1, 0.15) is 17.7 Å². The second kappa shape index (κ2) is 10.8. The summed E-state index contributed by atoms with van der Waals surface area (Å²) in [5.41, 5.74) is 1.31. The number of rotatable bonds is 9. The first-order valence-electron chi connectivity index (χ1n) is 7.98. The minimum atomic E-state index is -0.942. The Bertz CT molecular complexity index is 423. The molecule has 0 radical (unpaired) electrons. The van der Waals surface area contributed by atoms with Crippen molar-refractivity contribution in [3.8, 4) is 0 Å². The number of hydrogen-bond acceptors (Lipinski definition) is 6. The van der Waals surface area contributed by atoms with Crippen molar-refractivity contribution >= 4 is 17.9 Å². The zero-order chi connectivity index (χ0) is 18.8. The van der Waals surface area contributed by atoms with E-state index in [0.717, 1.165) is 12.8 Å². The van der Waals surface area contributed by atoms with Crippen molar-refractivity contribution < 1.29 is 23.9 Å². The highest BCUT2D eigenvalue weighted by Crippen LogP contribution is 2.06. The summed E-state index contributed by atoms with van der Waals surface area (Å²) in [5, 5.41) is 4.88. The molecular weight excluding hydrogens is 316 g/mol. The van der Waals surface area contributed by atoms with Crippen LogP contribution < -0.4 is 21.9 Å². The number of carbonyl (C=O) groups is 3. The van der Waals surface area contributed by atoms with Crippen LogP contribution in [0.4, 0.5) is 4.79 Å². The maximum absolute atomic E-state index is 12.1. The Labute approximate surface area is 143 Å². The molecule has 0 unspecified atom stereocenters. The number of carbonyl (C=O) groups excluding carboxylic acids is 3. The Morgan fingerprint density at radius 2 is 1.75 bits per heavy atom. The smallest absolute Gasteiger partial charge is 0.408 e. The highest BCUT2D eigenvalue weighted by atomic mass is 16.6. The van der Waals surface area contributed by atoms with Crippen LogP contribution in [0.3, 0.4) is 0 Å². The van der Waals surface area contributed by atoms with Crippen LogP contribution in [0.1, 0.15) is 47.5 Å². The normalized spacial score (nSPS) is 13.6. The largest absolute Gasteiger partial charge is 0.444 e. The quantitative estimate of drug-likeness (QED) is 0.204. The van der Waals surface area contributed by atoms with Crippen molar-refractivity contribution in [1.82, 2.24) is 16.1 Å². The predicted molar refractivity (Wildman–Crippen MR) is 88.8 cm³/mol. The molecule has 0 aliphatic heterocycles. The summed E-state index contributed by atoms with van der Waals surface area (Å²) >= 11 is 0. The summed E-state index contributed by atoms with van der Waals surface area (Å²) in [5.74, 6) is 3.98. The van der Waals surface area contributed by atoms with Crippen molar-refractivity contribution in [2.45, 2.75) is 65.1 Å². The van der Waals surface area contributed by atoms with Gasteiger partial charge < -0.3 is 20.1 Å². The Kier molecular flexibility index (Phi) is 9.98. The Morgan fingerprint density at radius 1 is 1.12 bits per heavy atom. The molecule has 0 aromatic heterocycles. The van der Waals surface area contributed by atoms with Gasteiger partial charge in [0, 0.05) is 6.61 Å². The number of hydrogen-bond donors (Lipinski definition) is 4. The monoisotopic (exact) mass is 346 g/mol. The molecule has 5 N–H and O–H groups in total. The fourth-order valence-electron chi connectivity index (χ4n) is 1.58. The number of nitrogens with one attached hydrogen (secondary N) is 3. The molecule has 0 aliphatic rings. The van der Waals surface area contributed by atoms with Gasteiger partial charge in [0.05, 0.1) is 6.61 Å². The van der Waals surface area contributed by atoms with E-state index in [1.165, 1.54) is 6.92 Å². The molecule has 0 aliphatic carbocycles. The zero-order valence-electron chi connectivity index (χ0n) is 15.1. The fraction of sp³-hybridized carbons (Fsp3) is 0.800. The Morgan fingerprint density at radius 3 is 2.25 bits per heavy atom. The fourth-order valence-corrected chi connectivity index (χ4v) is 1.58. The summed E-state index contributed by atoms with van der Waals surface area (Å²) in [6.07, 6.45) is 1.09. The van der Waals surface area contributed by atoms with Gasteiger partial charge in [0.25, 0.3) is 5.91 Å². The van der Waals surface area contributed by atoms with Crippen LogP contribution in [0.2, 0.25) is 0 Å². The lowest BCUT2D eigenvalue weighted by molar-refractivity contribution is -0.131. The second-order valence-corrected chi connectivity index (χ2v) is 6.37. The van der Waals surface area contributed by atoms with Crippen molar-refractivity contribution in [3.63, 3.8) is 0 Å². The highest BCUT2D eigenvalue weighted by molar-refractivity contribution is 5.90. The maximum Gasteiger partial charge on any atom is 0.408 e. The van der Waals surface area contributed by atoms with E-state index in [-0.39, 0.29) is 6.61 Å². The van der Waals surface area contributed by atoms with Crippen LogP contribution in [-0.4, -0.2) is 48.8 Å². The van der Waals surface area contributed by atoms with Gasteiger partial charge in [0.15, 0.2) is 0 Å². The van der Waals surface area contributed by atoms with Crippen molar-refractivity contribution in [1.29, 1.82) is 0 Å². The van der Waals surface area contributed by atoms with E-state index in [9.17, 15) is 14.4 Å². The molecule has 0 bridgehead atoms. The minimum absolute atomic E-state index is 0.00602. The molecule has 9 nitrogen and oxygen atoms in total.